The van der Waals surface area contributed by atoms with E-state index >= 15 is 0 Å². The van der Waals surface area contributed by atoms with Gasteiger partial charge in [0.2, 0.25) is 0 Å². The van der Waals surface area contributed by atoms with E-state index in [0.29, 0.717) is 23.6 Å². The number of carbonyl (C=O) groups is 2. The van der Waals surface area contributed by atoms with Crippen LogP contribution >= 0.6 is 0 Å². The molecule has 0 saturated carbocycles. The SMILES string of the molecule is CN(C)Cc1c(C(=O)Nc2ccc(C(=O)O)cc2)nc2ccccn12. The van der Waals surface area contributed by atoms with Crippen LogP contribution in [0.1, 0.15) is 26.5 Å². The molecule has 0 spiro atoms. The third-order valence-corrected chi connectivity index (χ3v) is 3.70. The van der Waals surface area contributed by atoms with Gasteiger partial charge in [-0.05, 0) is 50.5 Å². The van der Waals surface area contributed by atoms with Crippen molar-refractivity contribution in [1.29, 1.82) is 0 Å². The van der Waals surface area contributed by atoms with Gasteiger partial charge >= 0.3 is 5.97 Å². The minimum atomic E-state index is -1.01. The number of anilines is 1. The number of fused-ring (bicyclic) bond motifs is 1. The molecule has 1 aromatic carbocycles. The van der Waals surface area contributed by atoms with E-state index in [9.17, 15) is 9.59 Å². The number of imidazole rings is 1. The van der Waals surface area contributed by atoms with Crippen molar-refractivity contribution in [1.82, 2.24) is 14.3 Å². The lowest BCUT2D eigenvalue weighted by Gasteiger charge is -2.11. The summed E-state index contributed by atoms with van der Waals surface area (Å²) < 4.78 is 1.89. The summed E-state index contributed by atoms with van der Waals surface area (Å²) in [5.74, 6) is -1.34. The van der Waals surface area contributed by atoms with Gasteiger partial charge in [0.05, 0.1) is 11.3 Å². The Labute approximate surface area is 144 Å². The number of pyridine rings is 1. The Bertz CT molecular complexity index is 929. The number of nitrogens with zero attached hydrogens (tertiary/aromatic N) is 3. The van der Waals surface area contributed by atoms with Gasteiger partial charge < -0.3 is 19.7 Å². The van der Waals surface area contributed by atoms with Crippen molar-refractivity contribution < 1.29 is 14.7 Å². The van der Waals surface area contributed by atoms with Crippen LogP contribution in [-0.2, 0) is 6.54 Å². The summed E-state index contributed by atoms with van der Waals surface area (Å²) in [6.45, 7) is 0.561. The van der Waals surface area contributed by atoms with Crippen LogP contribution in [0, 0.1) is 0 Å². The molecule has 0 saturated heterocycles. The van der Waals surface area contributed by atoms with E-state index in [1.165, 1.54) is 12.1 Å². The molecule has 0 fully saturated rings. The Morgan fingerprint density at radius 3 is 2.52 bits per heavy atom. The van der Waals surface area contributed by atoms with Gasteiger partial charge in [-0.1, -0.05) is 6.07 Å². The predicted octanol–water partition coefficient (Wildman–Crippen LogP) is 2.35. The average Bonchev–Trinajstić information content (AvgIpc) is 2.93. The number of carboxylic acids is 1. The Hall–Kier alpha value is -3.19. The number of aromatic carboxylic acids is 1. The van der Waals surface area contributed by atoms with E-state index in [-0.39, 0.29) is 11.5 Å². The number of carbonyl (C=O) groups excluding carboxylic acids is 1. The molecule has 1 amide bonds. The fraction of sp³-hybridized carbons (Fsp3) is 0.167. The summed E-state index contributed by atoms with van der Waals surface area (Å²) in [6, 6.07) is 11.6. The third kappa shape index (κ3) is 3.51. The number of aromatic nitrogens is 2. The normalized spacial score (nSPS) is 11.0. The van der Waals surface area contributed by atoms with Gasteiger partial charge in [-0.3, -0.25) is 4.79 Å². The van der Waals surface area contributed by atoms with Crippen LogP contribution in [0.5, 0.6) is 0 Å². The molecule has 2 aromatic heterocycles. The molecule has 0 unspecified atom stereocenters. The maximum atomic E-state index is 12.7. The van der Waals surface area contributed by atoms with Crippen molar-refractivity contribution in [2.75, 3.05) is 19.4 Å². The average molecular weight is 338 g/mol. The highest BCUT2D eigenvalue weighted by molar-refractivity contribution is 6.04. The van der Waals surface area contributed by atoms with Gasteiger partial charge in [0, 0.05) is 18.4 Å². The Morgan fingerprint density at radius 1 is 1.16 bits per heavy atom. The molecule has 0 aliphatic carbocycles. The number of benzene rings is 1. The molecule has 0 aliphatic rings. The summed E-state index contributed by atoms with van der Waals surface area (Å²) >= 11 is 0. The van der Waals surface area contributed by atoms with Gasteiger partial charge in [-0.25, -0.2) is 9.78 Å². The lowest BCUT2D eigenvalue weighted by atomic mass is 10.2. The monoisotopic (exact) mass is 338 g/mol. The number of hydrogen-bond acceptors (Lipinski definition) is 4. The first-order valence-electron chi connectivity index (χ1n) is 7.71. The first-order valence-corrected chi connectivity index (χ1v) is 7.71. The molecule has 2 heterocycles. The van der Waals surface area contributed by atoms with E-state index < -0.39 is 5.97 Å². The summed E-state index contributed by atoms with van der Waals surface area (Å²) in [4.78, 5) is 30.0. The van der Waals surface area contributed by atoms with Crippen LogP contribution in [0.4, 0.5) is 5.69 Å². The minimum absolute atomic E-state index is 0.166. The second-order valence-corrected chi connectivity index (χ2v) is 5.91. The van der Waals surface area contributed by atoms with E-state index in [1.54, 1.807) is 12.1 Å². The van der Waals surface area contributed by atoms with Crippen LogP contribution in [0.2, 0.25) is 0 Å². The minimum Gasteiger partial charge on any atom is -0.478 e. The van der Waals surface area contributed by atoms with Crippen LogP contribution < -0.4 is 5.32 Å². The van der Waals surface area contributed by atoms with Crippen LogP contribution in [0.15, 0.2) is 48.7 Å². The highest BCUT2D eigenvalue weighted by atomic mass is 16.4. The van der Waals surface area contributed by atoms with E-state index in [2.05, 4.69) is 10.3 Å². The Balaban J connectivity index is 1.92. The van der Waals surface area contributed by atoms with Crippen LogP contribution in [-0.4, -0.2) is 45.4 Å². The largest absolute Gasteiger partial charge is 0.478 e. The zero-order valence-corrected chi connectivity index (χ0v) is 13.9. The quantitative estimate of drug-likeness (QED) is 0.746. The highest BCUT2D eigenvalue weighted by Crippen LogP contribution is 2.17. The van der Waals surface area contributed by atoms with Crippen molar-refractivity contribution in [3.63, 3.8) is 0 Å². The Morgan fingerprint density at radius 2 is 1.88 bits per heavy atom. The molecule has 0 aliphatic heterocycles. The zero-order chi connectivity index (χ0) is 18.0. The fourth-order valence-electron chi connectivity index (χ4n) is 2.57. The molecule has 7 nitrogen and oxygen atoms in total. The van der Waals surface area contributed by atoms with E-state index in [0.717, 1.165) is 5.69 Å². The highest BCUT2D eigenvalue weighted by Gasteiger charge is 2.19. The molecule has 25 heavy (non-hydrogen) atoms. The zero-order valence-electron chi connectivity index (χ0n) is 13.9. The number of amides is 1. The summed E-state index contributed by atoms with van der Waals surface area (Å²) in [5.41, 5.74) is 2.52. The number of rotatable bonds is 5. The molecular weight excluding hydrogens is 320 g/mol. The summed E-state index contributed by atoms with van der Waals surface area (Å²) in [7, 11) is 3.85. The maximum Gasteiger partial charge on any atom is 0.335 e. The van der Waals surface area contributed by atoms with Crippen molar-refractivity contribution in [3.8, 4) is 0 Å². The number of hydrogen-bond donors (Lipinski definition) is 2. The standard InChI is InChI=1S/C18H18N4O3/c1-21(2)11-14-16(20-15-5-3-4-10-22(14)15)17(23)19-13-8-6-12(7-9-13)18(24)25/h3-10H,11H2,1-2H3,(H,19,23)(H,24,25). The Kier molecular flexibility index (Phi) is 4.49. The molecule has 128 valence electrons. The van der Waals surface area contributed by atoms with Crippen LogP contribution in [0.25, 0.3) is 5.65 Å². The second kappa shape index (κ2) is 6.74. The molecule has 2 N–H and O–H groups in total. The molecule has 0 bridgehead atoms. The lowest BCUT2D eigenvalue weighted by molar-refractivity contribution is 0.0696. The number of nitrogens with one attached hydrogen (secondary N) is 1. The van der Waals surface area contributed by atoms with Gasteiger partial charge in [-0.15, -0.1) is 0 Å². The summed E-state index contributed by atoms with van der Waals surface area (Å²) in [5, 5.41) is 11.7. The summed E-state index contributed by atoms with van der Waals surface area (Å²) in [6.07, 6.45) is 1.87. The first-order chi connectivity index (χ1) is 12.0. The van der Waals surface area contributed by atoms with E-state index in [1.807, 2.05) is 47.8 Å². The number of carboxylic acid groups (broad SMARTS) is 1. The fourth-order valence-corrected chi connectivity index (χ4v) is 2.57. The maximum absolute atomic E-state index is 12.7. The predicted molar refractivity (Wildman–Crippen MR) is 93.9 cm³/mol. The topological polar surface area (TPSA) is 86.9 Å². The molecule has 3 rings (SSSR count). The van der Waals surface area contributed by atoms with Crippen molar-refractivity contribution >= 4 is 23.2 Å². The van der Waals surface area contributed by atoms with E-state index in [4.69, 9.17) is 5.11 Å². The lowest BCUT2D eigenvalue weighted by Crippen LogP contribution is -2.19. The van der Waals surface area contributed by atoms with Crippen LogP contribution in [0.3, 0.4) is 0 Å². The smallest absolute Gasteiger partial charge is 0.335 e. The molecule has 7 heteroatoms. The van der Waals surface area contributed by atoms with Gasteiger partial charge in [0.25, 0.3) is 5.91 Å². The molecule has 0 atom stereocenters. The van der Waals surface area contributed by atoms with Gasteiger partial charge in [-0.2, -0.15) is 0 Å². The van der Waals surface area contributed by atoms with Crippen molar-refractivity contribution in [2.45, 2.75) is 6.54 Å². The third-order valence-electron chi connectivity index (χ3n) is 3.70. The van der Waals surface area contributed by atoms with Crippen molar-refractivity contribution in [3.05, 3.63) is 65.6 Å². The van der Waals surface area contributed by atoms with Gasteiger partial charge in [0.1, 0.15) is 5.65 Å². The molecular formula is C18H18N4O3. The first kappa shape index (κ1) is 16.7. The van der Waals surface area contributed by atoms with Gasteiger partial charge in [0.15, 0.2) is 5.69 Å². The molecule has 0 radical (unpaired) electrons. The van der Waals surface area contributed by atoms with Crippen molar-refractivity contribution in [2.24, 2.45) is 0 Å². The second-order valence-electron chi connectivity index (χ2n) is 5.91. The molecule has 3 aromatic rings.